The molecule has 2 aromatic heterocycles. The van der Waals surface area contributed by atoms with Gasteiger partial charge < -0.3 is 0 Å². The van der Waals surface area contributed by atoms with Crippen LogP contribution in [0.2, 0.25) is 0 Å². The summed E-state index contributed by atoms with van der Waals surface area (Å²) in [6, 6.07) is 8.54. The van der Waals surface area contributed by atoms with E-state index in [9.17, 15) is 0 Å². The van der Waals surface area contributed by atoms with Gasteiger partial charge in [0.25, 0.3) is 0 Å². The number of alkyl halides is 1. The molecule has 0 aliphatic rings. The number of hydrogen-bond donors (Lipinski definition) is 0. The molecule has 0 amide bonds. The molecule has 0 saturated carbocycles. The molecule has 2 heterocycles. The zero-order chi connectivity index (χ0) is 13.2. The molecule has 5 heteroatoms. The Morgan fingerprint density at radius 1 is 1.26 bits per heavy atom. The predicted molar refractivity (Wildman–Crippen MR) is 87.5 cm³/mol. The van der Waals surface area contributed by atoms with Crippen molar-refractivity contribution >= 4 is 48.2 Å². The van der Waals surface area contributed by atoms with Crippen molar-refractivity contribution in [3.63, 3.8) is 0 Å². The van der Waals surface area contributed by atoms with Crippen molar-refractivity contribution in [2.45, 2.75) is 12.3 Å². The molecule has 0 aliphatic carbocycles. The fourth-order valence-corrected chi connectivity index (χ4v) is 3.71. The van der Waals surface area contributed by atoms with Gasteiger partial charge in [-0.25, -0.2) is 4.98 Å². The summed E-state index contributed by atoms with van der Waals surface area (Å²) in [5, 5.41) is 3.00. The number of nitrogens with zero attached hydrogens (tertiary/aromatic N) is 2. The molecule has 0 bridgehead atoms. The number of thiazole rings is 1. The number of aromatic nitrogens is 2. The van der Waals surface area contributed by atoms with Crippen LogP contribution >= 0.6 is 43.2 Å². The van der Waals surface area contributed by atoms with Crippen LogP contribution in [-0.4, -0.2) is 14.7 Å². The lowest BCUT2D eigenvalue weighted by atomic mass is 9.97. The summed E-state index contributed by atoms with van der Waals surface area (Å²) in [7, 11) is 0. The maximum Gasteiger partial charge on any atom is 0.193 e. The van der Waals surface area contributed by atoms with E-state index >= 15 is 0 Å². The van der Waals surface area contributed by atoms with Gasteiger partial charge in [0.05, 0.1) is 5.69 Å². The van der Waals surface area contributed by atoms with Gasteiger partial charge in [-0.3, -0.25) is 4.40 Å². The Morgan fingerprint density at radius 3 is 2.74 bits per heavy atom. The first-order valence-corrected chi connectivity index (χ1v) is 8.78. The van der Waals surface area contributed by atoms with Crippen molar-refractivity contribution in [2.24, 2.45) is 0 Å². The lowest BCUT2D eigenvalue weighted by Gasteiger charge is -2.13. The van der Waals surface area contributed by atoms with E-state index in [2.05, 4.69) is 83.3 Å². The van der Waals surface area contributed by atoms with E-state index in [0.29, 0.717) is 5.92 Å². The Balaban J connectivity index is 1.83. The van der Waals surface area contributed by atoms with Gasteiger partial charge in [0, 0.05) is 27.6 Å². The van der Waals surface area contributed by atoms with E-state index in [1.807, 2.05) is 0 Å². The van der Waals surface area contributed by atoms with Crippen LogP contribution in [0.25, 0.3) is 4.96 Å². The third-order valence-electron chi connectivity index (χ3n) is 3.13. The fourth-order valence-electron chi connectivity index (χ4n) is 2.12. The number of rotatable bonds is 4. The van der Waals surface area contributed by atoms with Gasteiger partial charge in [0.15, 0.2) is 4.96 Å². The zero-order valence-corrected chi connectivity index (χ0v) is 14.1. The minimum atomic E-state index is 0.456. The largest absolute Gasteiger partial charge is 0.297 e. The van der Waals surface area contributed by atoms with Crippen LogP contribution in [0, 0.1) is 0 Å². The zero-order valence-electron chi connectivity index (χ0n) is 10.1. The second-order valence-electron chi connectivity index (χ2n) is 4.43. The third kappa shape index (κ3) is 2.93. The second-order valence-corrected chi connectivity index (χ2v) is 6.87. The fraction of sp³-hybridized carbons (Fsp3) is 0.214. The van der Waals surface area contributed by atoms with Gasteiger partial charge in [-0.1, -0.05) is 44.0 Å². The number of benzene rings is 1. The molecule has 0 fully saturated rings. The van der Waals surface area contributed by atoms with Crippen molar-refractivity contribution in [3.05, 3.63) is 57.8 Å². The van der Waals surface area contributed by atoms with Gasteiger partial charge in [-0.05, 0) is 30.0 Å². The topological polar surface area (TPSA) is 17.3 Å². The Kier molecular flexibility index (Phi) is 4.05. The molecule has 3 aromatic rings. The van der Waals surface area contributed by atoms with Crippen LogP contribution in [0.3, 0.4) is 0 Å². The first kappa shape index (κ1) is 13.3. The maximum atomic E-state index is 4.65. The van der Waals surface area contributed by atoms with Crippen molar-refractivity contribution in [1.82, 2.24) is 9.38 Å². The molecular formula is C14H12Br2N2S. The van der Waals surface area contributed by atoms with Crippen molar-refractivity contribution < 1.29 is 0 Å². The van der Waals surface area contributed by atoms with E-state index in [1.54, 1.807) is 11.3 Å². The van der Waals surface area contributed by atoms with Crippen LogP contribution < -0.4 is 0 Å². The van der Waals surface area contributed by atoms with Crippen LogP contribution in [0.4, 0.5) is 0 Å². The molecule has 0 aliphatic heterocycles. The summed E-state index contributed by atoms with van der Waals surface area (Å²) in [5.41, 5.74) is 2.50. The molecule has 0 N–H and O–H groups in total. The highest BCUT2D eigenvalue weighted by molar-refractivity contribution is 9.10. The molecule has 0 saturated heterocycles. The van der Waals surface area contributed by atoms with Gasteiger partial charge >= 0.3 is 0 Å². The molecular weight excluding hydrogens is 388 g/mol. The highest BCUT2D eigenvalue weighted by atomic mass is 79.9. The van der Waals surface area contributed by atoms with E-state index in [-0.39, 0.29) is 0 Å². The van der Waals surface area contributed by atoms with Crippen LogP contribution in [0.1, 0.15) is 17.2 Å². The van der Waals surface area contributed by atoms with Crippen LogP contribution in [0.5, 0.6) is 0 Å². The van der Waals surface area contributed by atoms with Gasteiger partial charge in [0.2, 0.25) is 0 Å². The average molecular weight is 400 g/mol. The van der Waals surface area contributed by atoms with Crippen molar-refractivity contribution in [1.29, 1.82) is 0 Å². The molecule has 2 nitrogen and oxygen atoms in total. The summed E-state index contributed by atoms with van der Waals surface area (Å²) < 4.78 is 3.21. The third-order valence-corrected chi connectivity index (χ3v) is 5.21. The monoisotopic (exact) mass is 398 g/mol. The normalized spacial score (nSPS) is 12.9. The molecule has 1 aromatic carbocycles. The summed E-state index contributed by atoms with van der Waals surface area (Å²) in [6.07, 6.45) is 5.14. The summed E-state index contributed by atoms with van der Waals surface area (Å²) in [5.74, 6) is 0.456. The summed E-state index contributed by atoms with van der Waals surface area (Å²) in [4.78, 5) is 5.72. The maximum absolute atomic E-state index is 4.65. The van der Waals surface area contributed by atoms with Crippen LogP contribution in [-0.2, 0) is 6.42 Å². The van der Waals surface area contributed by atoms with Gasteiger partial charge in [-0.2, -0.15) is 0 Å². The Morgan fingerprint density at radius 2 is 2.05 bits per heavy atom. The van der Waals surface area contributed by atoms with Crippen molar-refractivity contribution in [3.8, 4) is 0 Å². The molecule has 0 spiro atoms. The number of hydrogen-bond acceptors (Lipinski definition) is 2. The van der Waals surface area contributed by atoms with Gasteiger partial charge in [-0.15, -0.1) is 11.3 Å². The minimum Gasteiger partial charge on any atom is -0.297 e. The Labute approximate surface area is 132 Å². The quantitative estimate of drug-likeness (QED) is 0.571. The molecule has 98 valence electrons. The Hall–Kier alpha value is -0.650. The predicted octanol–water partition coefficient (Wildman–Crippen LogP) is 4.88. The number of imidazole rings is 1. The van der Waals surface area contributed by atoms with Crippen molar-refractivity contribution in [2.75, 3.05) is 5.33 Å². The van der Waals surface area contributed by atoms with E-state index in [0.717, 1.165) is 26.9 Å². The van der Waals surface area contributed by atoms with E-state index < -0.39 is 0 Å². The minimum absolute atomic E-state index is 0.456. The average Bonchev–Trinajstić information content (AvgIpc) is 2.98. The molecule has 1 atom stereocenters. The lowest BCUT2D eigenvalue weighted by Crippen LogP contribution is -2.04. The molecule has 3 rings (SSSR count). The molecule has 0 radical (unpaired) electrons. The second kappa shape index (κ2) is 5.77. The SMILES string of the molecule is BrCC(Cc1cn2ccsc2n1)c1ccc(Br)cc1. The van der Waals surface area contributed by atoms with Gasteiger partial charge in [0.1, 0.15) is 0 Å². The highest BCUT2D eigenvalue weighted by Gasteiger charge is 2.13. The number of fused-ring (bicyclic) bond motifs is 1. The number of halogens is 2. The molecule has 1 unspecified atom stereocenters. The van der Waals surface area contributed by atoms with E-state index in [1.165, 1.54) is 5.56 Å². The first-order chi connectivity index (χ1) is 9.26. The lowest BCUT2D eigenvalue weighted by molar-refractivity contribution is 0.760. The standard InChI is InChI=1S/C14H12Br2N2S/c15-8-11(10-1-3-12(16)4-2-10)7-13-9-18-5-6-19-14(18)17-13/h1-6,9,11H,7-8H2. The summed E-state index contributed by atoms with van der Waals surface area (Å²) >= 11 is 8.77. The van der Waals surface area contributed by atoms with E-state index in [4.69, 9.17) is 0 Å². The first-order valence-electron chi connectivity index (χ1n) is 5.99. The summed E-state index contributed by atoms with van der Waals surface area (Å²) in [6.45, 7) is 0. The van der Waals surface area contributed by atoms with Crippen LogP contribution in [0.15, 0.2) is 46.5 Å². The highest BCUT2D eigenvalue weighted by Crippen LogP contribution is 2.25. The molecule has 19 heavy (non-hydrogen) atoms. The smallest absolute Gasteiger partial charge is 0.193 e. The Bertz CT molecular complexity index is 644.